The number of halogens is 1. The number of nitrogens with zero attached hydrogens (tertiary/aromatic N) is 1. The van der Waals surface area contributed by atoms with E-state index < -0.39 is 18.6 Å². The number of fused-ring (bicyclic) bond motifs is 1. The molecule has 1 heterocycles. The summed E-state index contributed by atoms with van der Waals surface area (Å²) in [4.78, 5) is 20.0. The van der Waals surface area contributed by atoms with E-state index in [1.54, 1.807) is 24.3 Å². The van der Waals surface area contributed by atoms with E-state index in [9.17, 15) is 9.90 Å². The van der Waals surface area contributed by atoms with Crippen molar-refractivity contribution in [2.45, 2.75) is 9.88 Å². The third kappa shape index (κ3) is 5.64. The molecule has 0 spiro atoms. The van der Waals surface area contributed by atoms with Gasteiger partial charge in [-0.2, -0.15) is 0 Å². The molecule has 0 N–H and O–H groups in total. The standard InChI is InChI=1S/C12H10NO3.2CH3.ClH.Sn/c14-6-5-13-7-9-8-16-11-4-2-1-3-10(11)12(9)15;;;;/h1-4,7-8H,5-6H2;2*1H3;1H;/q-1;;;;+2/p-1. The monoisotopic (exact) mass is 401 g/mol. The van der Waals surface area contributed by atoms with Crippen molar-refractivity contribution in [3.05, 3.63) is 46.3 Å². The first kappa shape index (κ1) is 17.2. The molecule has 0 radical (unpaired) electrons. The minimum absolute atomic E-state index is 0.128. The first-order chi connectivity index (χ1) is 9.56. The van der Waals surface area contributed by atoms with Crippen molar-refractivity contribution in [1.82, 2.24) is 0 Å². The molecule has 0 aliphatic rings. The van der Waals surface area contributed by atoms with Crippen LogP contribution >= 0.6 is 8.92 Å². The number of hydrogen-bond acceptors (Lipinski definition) is 4. The zero-order valence-electron chi connectivity index (χ0n) is 11.4. The Hall–Kier alpha value is -0.851. The molecule has 2 aromatic rings. The molecule has 1 aromatic carbocycles. The van der Waals surface area contributed by atoms with E-state index in [-0.39, 0.29) is 18.6 Å². The van der Waals surface area contributed by atoms with Gasteiger partial charge in [-0.05, 0) is 12.1 Å². The molecule has 2 rings (SSSR count). The van der Waals surface area contributed by atoms with Gasteiger partial charge in [-0.1, -0.05) is 12.1 Å². The molecule has 0 bridgehead atoms. The van der Waals surface area contributed by atoms with Gasteiger partial charge >= 0.3 is 37.4 Å². The normalized spacial score (nSPS) is 10.4. The van der Waals surface area contributed by atoms with Gasteiger partial charge in [0.2, 0.25) is 5.43 Å². The molecule has 0 fully saturated rings. The van der Waals surface area contributed by atoms with E-state index in [0.717, 1.165) is 0 Å². The maximum absolute atomic E-state index is 11.9. The fraction of sp³-hybridized carbons (Fsp3) is 0.286. The Morgan fingerprint density at radius 3 is 2.70 bits per heavy atom. The average Bonchev–Trinajstić information content (AvgIpc) is 2.41. The number of para-hydroxylation sites is 1. The Morgan fingerprint density at radius 1 is 1.40 bits per heavy atom. The van der Waals surface area contributed by atoms with E-state index in [1.807, 2.05) is 0 Å². The van der Waals surface area contributed by atoms with E-state index >= 15 is 0 Å². The van der Waals surface area contributed by atoms with Crippen molar-refractivity contribution in [3.63, 3.8) is 0 Å². The Balaban J connectivity index is 0.000000444. The van der Waals surface area contributed by atoms with Crippen LogP contribution in [-0.2, 0) is 0 Å². The number of benzene rings is 1. The van der Waals surface area contributed by atoms with Crippen LogP contribution in [0, 0.1) is 0 Å². The molecule has 0 unspecified atom stereocenters. The van der Waals surface area contributed by atoms with E-state index in [2.05, 4.69) is 14.9 Å². The molecule has 0 atom stereocenters. The summed E-state index contributed by atoms with van der Waals surface area (Å²) in [7, 11) is 5.47. The van der Waals surface area contributed by atoms with Crippen molar-refractivity contribution in [2.75, 3.05) is 13.2 Å². The molecule has 0 amide bonds. The topological polar surface area (TPSA) is 65.6 Å². The third-order valence-electron chi connectivity index (χ3n) is 2.16. The molecule has 20 heavy (non-hydrogen) atoms. The molecule has 0 saturated carbocycles. The minimum atomic E-state index is -1.07. The molecule has 0 aliphatic carbocycles. The van der Waals surface area contributed by atoms with Crippen molar-refractivity contribution in [3.8, 4) is 0 Å². The third-order valence-corrected chi connectivity index (χ3v) is 2.16. The summed E-state index contributed by atoms with van der Waals surface area (Å²) < 4.78 is 5.28. The molecule has 1 aromatic heterocycles. The van der Waals surface area contributed by atoms with Crippen LogP contribution in [0.25, 0.3) is 11.0 Å². The molecular weight excluding hydrogens is 384 g/mol. The van der Waals surface area contributed by atoms with Crippen LogP contribution in [0.3, 0.4) is 0 Å². The van der Waals surface area contributed by atoms with Crippen LogP contribution in [0.4, 0.5) is 0 Å². The Morgan fingerprint density at radius 2 is 2.05 bits per heavy atom. The summed E-state index contributed by atoms with van der Waals surface area (Å²) in [6, 6.07) is 7.01. The van der Waals surface area contributed by atoms with Gasteiger partial charge in [0.15, 0.2) is 0 Å². The van der Waals surface area contributed by atoms with Crippen molar-refractivity contribution < 1.29 is 9.52 Å². The second-order valence-corrected chi connectivity index (χ2v) is 14.2. The zero-order valence-corrected chi connectivity index (χ0v) is 15.0. The molecule has 0 aliphatic heterocycles. The van der Waals surface area contributed by atoms with Crippen molar-refractivity contribution in [2.24, 2.45) is 4.99 Å². The fourth-order valence-corrected chi connectivity index (χ4v) is 1.40. The zero-order chi connectivity index (χ0) is 15.0. The Labute approximate surface area is 128 Å². The van der Waals surface area contributed by atoms with Gasteiger partial charge in [0.05, 0.1) is 10.9 Å². The predicted molar refractivity (Wildman–Crippen MR) is 83.1 cm³/mol. The van der Waals surface area contributed by atoms with Gasteiger partial charge in [0, 0.05) is 12.8 Å². The van der Waals surface area contributed by atoms with E-state index in [0.29, 0.717) is 16.5 Å². The van der Waals surface area contributed by atoms with Crippen LogP contribution in [-0.4, -0.2) is 38.0 Å². The van der Waals surface area contributed by atoms with Crippen LogP contribution in [0.1, 0.15) is 5.56 Å². The van der Waals surface area contributed by atoms with Crippen molar-refractivity contribution >= 4 is 44.7 Å². The number of hydrogen-bond donors (Lipinski definition) is 0. The van der Waals surface area contributed by atoms with Gasteiger partial charge in [0.25, 0.3) is 0 Å². The van der Waals surface area contributed by atoms with E-state index in [4.69, 9.17) is 13.3 Å². The fourth-order valence-electron chi connectivity index (χ4n) is 1.40. The number of aliphatic imine (C=N–C) groups is 1. The first-order valence-corrected chi connectivity index (χ1v) is 15.4. The van der Waals surface area contributed by atoms with Gasteiger partial charge in [-0.15, -0.1) is 6.61 Å². The van der Waals surface area contributed by atoms with Gasteiger partial charge in [0.1, 0.15) is 11.8 Å². The summed E-state index contributed by atoms with van der Waals surface area (Å²) in [5, 5.41) is 10.7. The SMILES string of the molecule is O=c1c(C=NCC[O-])coc2ccccc12.[CH3][Sn+]([CH3])[Cl]. The number of rotatable bonds is 3. The molecule has 6 heteroatoms. The quantitative estimate of drug-likeness (QED) is 0.585. The second kappa shape index (κ2) is 9.15. The van der Waals surface area contributed by atoms with Crippen LogP contribution < -0.4 is 10.5 Å². The maximum atomic E-state index is 11.9. The molecule has 0 saturated heterocycles. The molecule has 106 valence electrons. The van der Waals surface area contributed by atoms with E-state index in [1.165, 1.54) is 12.5 Å². The van der Waals surface area contributed by atoms with Crippen LogP contribution in [0.15, 0.2) is 44.7 Å². The van der Waals surface area contributed by atoms with Gasteiger partial charge < -0.3 is 9.52 Å². The molecular formula is C14H16ClNO3Sn. The predicted octanol–water partition coefficient (Wildman–Crippen LogP) is 2.05. The second-order valence-electron chi connectivity index (χ2n) is 4.13. The Kier molecular flexibility index (Phi) is 7.87. The van der Waals surface area contributed by atoms with Crippen molar-refractivity contribution in [1.29, 1.82) is 0 Å². The summed E-state index contributed by atoms with van der Waals surface area (Å²) in [6.07, 6.45) is 2.75. The van der Waals surface area contributed by atoms with Gasteiger partial charge in [-0.25, -0.2) is 0 Å². The summed E-state index contributed by atoms with van der Waals surface area (Å²) in [6.45, 7) is -0.109. The van der Waals surface area contributed by atoms with Crippen LogP contribution in [0.5, 0.6) is 0 Å². The summed E-state index contributed by atoms with van der Waals surface area (Å²) >= 11 is -1.07. The van der Waals surface area contributed by atoms with Crippen LogP contribution in [0.2, 0.25) is 9.88 Å². The first-order valence-electron chi connectivity index (χ1n) is 6.10. The summed E-state index contributed by atoms with van der Waals surface area (Å²) in [5.41, 5.74) is 0.789. The Bertz CT molecular complexity index is 622. The molecule has 4 nitrogen and oxygen atoms in total. The van der Waals surface area contributed by atoms with Gasteiger partial charge in [-0.3, -0.25) is 9.79 Å². The average molecular weight is 400 g/mol. The summed E-state index contributed by atoms with van der Waals surface area (Å²) in [5.74, 6) is 0.